The van der Waals surface area contributed by atoms with E-state index in [2.05, 4.69) is 30.5 Å². The van der Waals surface area contributed by atoms with Crippen LogP contribution in [-0.2, 0) is 0 Å². The minimum atomic E-state index is -1.66. The van der Waals surface area contributed by atoms with E-state index in [-0.39, 0.29) is 11.4 Å². The van der Waals surface area contributed by atoms with E-state index < -0.39 is 19.1 Å². The summed E-state index contributed by atoms with van der Waals surface area (Å²) in [5.41, 5.74) is 0.618. The summed E-state index contributed by atoms with van der Waals surface area (Å²) >= 11 is 0. The van der Waals surface area contributed by atoms with E-state index in [1.54, 1.807) is 36.7 Å². The Kier molecular flexibility index (Phi) is 4.82. The van der Waals surface area contributed by atoms with Gasteiger partial charge in [0.1, 0.15) is 0 Å². The number of terminal acetylenes is 1. The topological polar surface area (TPSA) is 65.3 Å². The van der Waals surface area contributed by atoms with Crippen molar-refractivity contribution in [2.45, 2.75) is 25.7 Å². The van der Waals surface area contributed by atoms with Crippen LogP contribution in [0.3, 0.4) is 0 Å². The Morgan fingerprint density at radius 3 is 2.61 bits per heavy atom. The van der Waals surface area contributed by atoms with E-state index in [0.717, 1.165) is 5.19 Å². The van der Waals surface area contributed by atoms with Crippen LogP contribution in [0.15, 0.2) is 42.7 Å². The summed E-state index contributed by atoms with van der Waals surface area (Å²) < 4.78 is 5.71. The zero-order valence-corrected chi connectivity index (χ0v) is 14.3. The lowest BCUT2D eigenvalue weighted by molar-refractivity contribution is -0.385. The zero-order chi connectivity index (χ0) is 17.0. The monoisotopic (exact) mass is 326 g/mol. The van der Waals surface area contributed by atoms with E-state index in [9.17, 15) is 10.1 Å². The standard InChI is InChI=1S/C17H18N2O3Si/c1-5-16(13-7-6-10-18-12-13)22-17-9-8-14(23(2,3)4)11-15(17)19(20)21/h1,6-12,16H,2-4H3. The molecular weight excluding hydrogens is 308 g/mol. The first-order valence-corrected chi connectivity index (χ1v) is 10.6. The predicted octanol–water partition coefficient (Wildman–Crippen LogP) is 3.29. The van der Waals surface area contributed by atoms with Crippen molar-refractivity contribution in [3.8, 4) is 18.1 Å². The van der Waals surface area contributed by atoms with Gasteiger partial charge in [0.05, 0.1) is 13.0 Å². The molecule has 0 radical (unpaired) electrons. The molecule has 118 valence electrons. The number of ether oxygens (including phenoxy) is 1. The first-order chi connectivity index (χ1) is 10.8. The van der Waals surface area contributed by atoms with Crippen molar-refractivity contribution >= 4 is 18.9 Å². The van der Waals surface area contributed by atoms with E-state index in [4.69, 9.17) is 11.2 Å². The second kappa shape index (κ2) is 6.63. The van der Waals surface area contributed by atoms with Crippen LogP contribution in [0.5, 0.6) is 5.75 Å². The number of aromatic nitrogens is 1. The number of nitro benzene ring substituents is 1. The second-order valence-corrected chi connectivity index (χ2v) is 11.2. The number of nitrogens with zero attached hydrogens (tertiary/aromatic N) is 2. The summed E-state index contributed by atoms with van der Waals surface area (Å²) in [4.78, 5) is 14.9. The molecule has 0 saturated heterocycles. The van der Waals surface area contributed by atoms with Crippen molar-refractivity contribution in [2.75, 3.05) is 0 Å². The van der Waals surface area contributed by atoms with Crippen molar-refractivity contribution in [3.63, 3.8) is 0 Å². The molecule has 1 unspecified atom stereocenters. The van der Waals surface area contributed by atoms with Gasteiger partial charge in [0.25, 0.3) is 0 Å². The van der Waals surface area contributed by atoms with Gasteiger partial charge in [0.2, 0.25) is 0 Å². The average Bonchev–Trinajstić information content (AvgIpc) is 2.52. The van der Waals surface area contributed by atoms with Crippen molar-refractivity contribution in [2.24, 2.45) is 0 Å². The molecule has 0 saturated carbocycles. The van der Waals surface area contributed by atoms with Gasteiger partial charge in [-0.25, -0.2) is 0 Å². The van der Waals surface area contributed by atoms with Crippen LogP contribution in [-0.4, -0.2) is 18.0 Å². The van der Waals surface area contributed by atoms with Crippen LogP contribution >= 0.6 is 0 Å². The highest BCUT2D eigenvalue weighted by Gasteiger charge is 2.24. The Morgan fingerprint density at radius 2 is 2.09 bits per heavy atom. The number of hydrogen-bond donors (Lipinski definition) is 0. The molecule has 0 aliphatic rings. The molecule has 0 amide bonds. The fraction of sp³-hybridized carbons (Fsp3) is 0.235. The molecular formula is C17H18N2O3Si. The fourth-order valence-corrected chi connectivity index (χ4v) is 3.24. The van der Waals surface area contributed by atoms with Gasteiger partial charge in [-0.1, -0.05) is 42.9 Å². The zero-order valence-electron chi connectivity index (χ0n) is 13.3. The first kappa shape index (κ1) is 16.7. The molecule has 0 aliphatic carbocycles. The number of hydrogen-bond acceptors (Lipinski definition) is 4. The van der Waals surface area contributed by atoms with Crippen molar-refractivity contribution in [3.05, 3.63) is 58.4 Å². The summed E-state index contributed by atoms with van der Waals surface area (Å²) in [7, 11) is -1.66. The minimum Gasteiger partial charge on any atom is -0.466 e. The van der Waals surface area contributed by atoms with Crippen molar-refractivity contribution < 1.29 is 9.66 Å². The molecule has 0 fully saturated rings. The number of rotatable bonds is 5. The molecule has 2 aromatic rings. The van der Waals surface area contributed by atoms with Crippen LogP contribution in [0.4, 0.5) is 5.69 Å². The van der Waals surface area contributed by atoms with E-state index in [0.29, 0.717) is 5.56 Å². The highest BCUT2D eigenvalue weighted by Crippen LogP contribution is 2.30. The summed E-state index contributed by atoms with van der Waals surface area (Å²) in [6, 6.07) is 8.63. The summed E-state index contributed by atoms with van der Waals surface area (Å²) in [6.45, 7) is 6.39. The lowest BCUT2D eigenvalue weighted by Crippen LogP contribution is -2.37. The second-order valence-electron chi connectivity index (χ2n) is 6.14. The Morgan fingerprint density at radius 1 is 1.35 bits per heavy atom. The molecule has 1 atom stereocenters. The van der Waals surface area contributed by atoms with Crippen molar-refractivity contribution in [1.29, 1.82) is 0 Å². The van der Waals surface area contributed by atoms with Gasteiger partial charge >= 0.3 is 5.69 Å². The van der Waals surface area contributed by atoms with Crippen LogP contribution in [0.1, 0.15) is 11.7 Å². The molecule has 23 heavy (non-hydrogen) atoms. The fourth-order valence-electron chi connectivity index (χ4n) is 2.08. The maximum atomic E-state index is 11.4. The molecule has 1 aromatic heterocycles. The van der Waals surface area contributed by atoms with Crippen LogP contribution < -0.4 is 9.92 Å². The van der Waals surface area contributed by atoms with Crippen LogP contribution in [0, 0.1) is 22.5 Å². The highest BCUT2D eigenvalue weighted by molar-refractivity contribution is 6.88. The summed E-state index contributed by atoms with van der Waals surface area (Å²) in [6.07, 6.45) is 8.01. The Balaban J connectivity index is 2.39. The molecule has 5 nitrogen and oxygen atoms in total. The average molecular weight is 326 g/mol. The van der Waals surface area contributed by atoms with Gasteiger partial charge < -0.3 is 4.74 Å². The van der Waals surface area contributed by atoms with Gasteiger partial charge in [-0.15, -0.1) is 6.42 Å². The Bertz CT molecular complexity index is 749. The van der Waals surface area contributed by atoms with E-state index >= 15 is 0 Å². The number of nitro groups is 1. The lowest BCUT2D eigenvalue weighted by atomic mass is 10.1. The molecule has 0 bridgehead atoms. The molecule has 1 heterocycles. The third-order valence-corrected chi connectivity index (χ3v) is 5.45. The third kappa shape index (κ3) is 3.96. The van der Waals surface area contributed by atoms with Crippen LogP contribution in [0.25, 0.3) is 0 Å². The Hall–Kier alpha value is -2.65. The molecule has 0 aliphatic heterocycles. The molecule has 2 rings (SSSR count). The van der Waals surface area contributed by atoms with Crippen LogP contribution in [0.2, 0.25) is 19.6 Å². The highest BCUT2D eigenvalue weighted by atomic mass is 28.3. The SMILES string of the molecule is C#CC(Oc1ccc([Si](C)(C)C)cc1[N+](=O)[O-])c1cccnc1. The molecule has 1 aromatic carbocycles. The molecule has 0 spiro atoms. The molecule has 0 N–H and O–H groups in total. The maximum absolute atomic E-state index is 11.4. The van der Waals surface area contributed by atoms with Gasteiger partial charge in [-0.2, -0.15) is 0 Å². The minimum absolute atomic E-state index is 0.0611. The van der Waals surface area contributed by atoms with Gasteiger partial charge in [0, 0.05) is 24.0 Å². The normalized spacial score (nSPS) is 12.3. The van der Waals surface area contributed by atoms with Gasteiger partial charge in [-0.05, 0) is 12.1 Å². The predicted molar refractivity (Wildman–Crippen MR) is 92.5 cm³/mol. The number of pyridine rings is 1. The smallest absolute Gasteiger partial charge is 0.310 e. The number of benzene rings is 1. The van der Waals surface area contributed by atoms with Gasteiger partial charge in [-0.3, -0.25) is 15.1 Å². The summed E-state index contributed by atoms with van der Waals surface area (Å²) in [5.74, 6) is 2.67. The maximum Gasteiger partial charge on any atom is 0.310 e. The lowest BCUT2D eigenvalue weighted by Gasteiger charge is -2.18. The first-order valence-electron chi connectivity index (χ1n) is 7.14. The third-order valence-electron chi connectivity index (χ3n) is 3.41. The van der Waals surface area contributed by atoms with E-state index in [1.807, 2.05) is 6.07 Å². The van der Waals surface area contributed by atoms with Gasteiger partial charge in [0.15, 0.2) is 11.9 Å². The summed E-state index contributed by atoms with van der Waals surface area (Å²) in [5, 5.41) is 12.4. The van der Waals surface area contributed by atoms with Crippen molar-refractivity contribution in [1.82, 2.24) is 4.98 Å². The molecule has 6 heteroatoms. The largest absolute Gasteiger partial charge is 0.466 e. The Labute approximate surface area is 136 Å². The quantitative estimate of drug-likeness (QED) is 0.366. The van der Waals surface area contributed by atoms with E-state index in [1.165, 1.54) is 0 Å².